The summed E-state index contributed by atoms with van der Waals surface area (Å²) in [6.45, 7) is 0. The lowest BCUT2D eigenvalue weighted by Gasteiger charge is -2.09. The van der Waals surface area contributed by atoms with Crippen LogP contribution in [0.5, 0.6) is 0 Å². The van der Waals surface area contributed by atoms with E-state index in [0.717, 1.165) is 29.5 Å². The molecule has 3 nitrogen and oxygen atoms in total. The van der Waals surface area contributed by atoms with Gasteiger partial charge in [-0.15, -0.1) is 0 Å². The van der Waals surface area contributed by atoms with Crippen molar-refractivity contribution in [3.8, 4) is 22.5 Å². The highest BCUT2D eigenvalue weighted by Crippen LogP contribution is 2.26. The van der Waals surface area contributed by atoms with Crippen LogP contribution in [0.2, 0.25) is 5.28 Å². The molecule has 0 radical (unpaired) electrons. The molecule has 4 rings (SSSR count). The summed E-state index contributed by atoms with van der Waals surface area (Å²) in [6, 6.07) is 18.5. The maximum absolute atomic E-state index is 6.14. The maximum atomic E-state index is 6.14. The predicted molar refractivity (Wildman–Crippen MR) is 102 cm³/mol. The van der Waals surface area contributed by atoms with Crippen molar-refractivity contribution < 1.29 is 0 Å². The average molecular weight is 346 g/mol. The zero-order valence-electron chi connectivity index (χ0n) is 13.6. The van der Waals surface area contributed by atoms with Gasteiger partial charge in [0.2, 0.25) is 5.28 Å². The Hall–Kier alpha value is -2.78. The van der Waals surface area contributed by atoms with Crippen LogP contribution in [-0.4, -0.2) is 15.0 Å². The summed E-state index contributed by atoms with van der Waals surface area (Å²) in [6.07, 6.45) is 8.12. The number of allylic oxidation sites excluding steroid dienone is 4. The molecule has 1 aromatic heterocycles. The Morgan fingerprint density at radius 3 is 2.12 bits per heavy atom. The maximum Gasteiger partial charge on any atom is 0.226 e. The topological polar surface area (TPSA) is 38.7 Å². The highest BCUT2D eigenvalue weighted by molar-refractivity contribution is 6.28. The minimum absolute atomic E-state index is 0.225. The van der Waals surface area contributed by atoms with E-state index in [1.54, 1.807) is 0 Å². The highest BCUT2D eigenvalue weighted by Gasteiger charge is 2.12. The SMILES string of the molecule is Clc1nc(C2=CC=CCC2)nc(-c2ccc(-c3ccccc3)cc2)n1. The molecule has 0 amide bonds. The summed E-state index contributed by atoms with van der Waals surface area (Å²) in [7, 11) is 0. The Balaban J connectivity index is 1.69. The van der Waals surface area contributed by atoms with Crippen molar-refractivity contribution >= 4 is 17.2 Å². The van der Waals surface area contributed by atoms with Gasteiger partial charge >= 0.3 is 0 Å². The van der Waals surface area contributed by atoms with Crippen LogP contribution in [0.15, 0.2) is 72.8 Å². The lowest BCUT2D eigenvalue weighted by Crippen LogP contribution is -2.01. The second kappa shape index (κ2) is 6.99. The smallest absolute Gasteiger partial charge is 0.208 e. The van der Waals surface area contributed by atoms with E-state index in [1.807, 2.05) is 42.5 Å². The first kappa shape index (κ1) is 15.7. The molecule has 0 unspecified atom stereocenters. The number of hydrogen-bond donors (Lipinski definition) is 0. The first-order valence-electron chi connectivity index (χ1n) is 8.23. The van der Waals surface area contributed by atoms with E-state index in [9.17, 15) is 0 Å². The largest absolute Gasteiger partial charge is 0.226 e. The molecule has 4 heteroatoms. The summed E-state index contributed by atoms with van der Waals surface area (Å²) in [5.41, 5.74) is 4.36. The van der Waals surface area contributed by atoms with E-state index in [1.165, 1.54) is 5.56 Å². The van der Waals surface area contributed by atoms with Gasteiger partial charge < -0.3 is 0 Å². The first-order chi connectivity index (χ1) is 12.3. The molecule has 0 fully saturated rings. The minimum atomic E-state index is 0.225. The van der Waals surface area contributed by atoms with E-state index >= 15 is 0 Å². The minimum Gasteiger partial charge on any atom is -0.208 e. The molecule has 0 atom stereocenters. The summed E-state index contributed by atoms with van der Waals surface area (Å²) in [5, 5.41) is 0.225. The number of benzene rings is 2. The third-order valence-electron chi connectivity index (χ3n) is 4.16. The van der Waals surface area contributed by atoms with Gasteiger partial charge in [-0.25, -0.2) is 4.98 Å². The Bertz CT molecular complexity index is 945. The van der Waals surface area contributed by atoms with Gasteiger partial charge in [0.1, 0.15) is 0 Å². The summed E-state index contributed by atoms with van der Waals surface area (Å²) in [5.74, 6) is 1.26. The molecule has 0 bridgehead atoms. The molecular formula is C21H16ClN3. The van der Waals surface area contributed by atoms with Gasteiger partial charge in [-0.3, -0.25) is 0 Å². The van der Waals surface area contributed by atoms with Crippen LogP contribution < -0.4 is 0 Å². The van der Waals surface area contributed by atoms with Crippen molar-refractivity contribution in [2.75, 3.05) is 0 Å². The van der Waals surface area contributed by atoms with E-state index in [4.69, 9.17) is 11.6 Å². The van der Waals surface area contributed by atoms with Gasteiger partial charge in [0.05, 0.1) is 0 Å². The third-order valence-corrected chi connectivity index (χ3v) is 4.33. The zero-order valence-corrected chi connectivity index (χ0v) is 14.3. The fraction of sp³-hybridized carbons (Fsp3) is 0.0952. The lowest BCUT2D eigenvalue weighted by molar-refractivity contribution is 0.973. The number of hydrogen-bond acceptors (Lipinski definition) is 3. The molecule has 0 spiro atoms. The van der Waals surface area contributed by atoms with Crippen LogP contribution in [0, 0.1) is 0 Å². The molecule has 1 aliphatic rings. The monoisotopic (exact) mass is 345 g/mol. The quantitative estimate of drug-likeness (QED) is 0.620. The molecule has 122 valence electrons. The fourth-order valence-electron chi connectivity index (χ4n) is 2.85. The Kier molecular flexibility index (Phi) is 4.40. The van der Waals surface area contributed by atoms with Crippen LogP contribution in [0.4, 0.5) is 0 Å². The normalized spacial score (nSPS) is 13.6. The van der Waals surface area contributed by atoms with Crippen LogP contribution in [0.1, 0.15) is 18.7 Å². The van der Waals surface area contributed by atoms with Gasteiger partial charge in [-0.2, -0.15) is 9.97 Å². The fourth-order valence-corrected chi connectivity index (χ4v) is 3.01. The summed E-state index contributed by atoms with van der Waals surface area (Å²) < 4.78 is 0. The van der Waals surface area contributed by atoms with Gasteiger partial charge in [0.15, 0.2) is 11.6 Å². The molecule has 1 aliphatic carbocycles. The number of nitrogens with zero attached hydrogens (tertiary/aromatic N) is 3. The summed E-state index contributed by atoms with van der Waals surface area (Å²) >= 11 is 6.14. The Labute approximate surface area is 151 Å². The standard InChI is InChI=1S/C21H16ClN3/c22-21-24-19(17-9-5-2-6-10-17)23-20(25-21)18-13-11-16(12-14-18)15-7-3-1-4-8-15/h1-5,7-9,11-14H,6,10H2. The van der Waals surface area contributed by atoms with Crippen LogP contribution in [0.3, 0.4) is 0 Å². The molecule has 25 heavy (non-hydrogen) atoms. The molecule has 0 saturated carbocycles. The second-order valence-corrected chi connectivity index (χ2v) is 6.19. The van der Waals surface area contributed by atoms with Crippen molar-refractivity contribution in [1.82, 2.24) is 15.0 Å². The van der Waals surface area contributed by atoms with Crippen LogP contribution in [0.25, 0.3) is 28.1 Å². The molecule has 0 aliphatic heterocycles. The Morgan fingerprint density at radius 2 is 1.40 bits per heavy atom. The van der Waals surface area contributed by atoms with Gasteiger partial charge in [0, 0.05) is 5.56 Å². The lowest BCUT2D eigenvalue weighted by atomic mass is 10.0. The van der Waals surface area contributed by atoms with Gasteiger partial charge in [-0.1, -0.05) is 72.8 Å². The van der Waals surface area contributed by atoms with Crippen LogP contribution in [-0.2, 0) is 0 Å². The molecule has 3 aromatic rings. The molecule has 1 heterocycles. The first-order valence-corrected chi connectivity index (χ1v) is 8.61. The van der Waals surface area contributed by atoms with Crippen molar-refractivity contribution in [3.05, 3.63) is 83.9 Å². The van der Waals surface area contributed by atoms with Crippen molar-refractivity contribution in [3.63, 3.8) is 0 Å². The molecular weight excluding hydrogens is 330 g/mol. The molecule has 0 saturated heterocycles. The Morgan fingerprint density at radius 1 is 0.720 bits per heavy atom. The van der Waals surface area contributed by atoms with Crippen molar-refractivity contribution in [2.45, 2.75) is 12.8 Å². The van der Waals surface area contributed by atoms with E-state index < -0.39 is 0 Å². The van der Waals surface area contributed by atoms with Crippen LogP contribution >= 0.6 is 11.6 Å². The van der Waals surface area contributed by atoms with E-state index in [2.05, 4.69) is 45.3 Å². The molecule has 2 aromatic carbocycles. The number of rotatable bonds is 3. The van der Waals surface area contributed by atoms with Gasteiger partial charge in [0.25, 0.3) is 0 Å². The van der Waals surface area contributed by atoms with E-state index in [-0.39, 0.29) is 5.28 Å². The van der Waals surface area contributed by atoms with Crippen molar-refractivity contribution in [2.24, 2.45) is 0 Å². The average Bonchev–Trinajstić information content (AvgIpc) is 2.69. The second-order valence-electron chi connectivity index (χ2n) is 5.85. The highest BCUT2D eigenvalue weighted by atomic mass is 35.5. The predicted octanol–water partition coefficient (Wildman–Crippen LogP) is 5.59. The van der Waals surface area contributed by atoms with Gasteiger partial charge in [-0.05, 0) is 41.1 Å². The zero-order chi connectivity index (χ0) is 17.1. The van der Waals surface area contributed by atoms with E-state index in [0.29, 0.717) is 11.6 Å². The number of aromatic nitrogens is 3. The third kappa shape index (κ3) is 3.52. The summed E-state index contributed by atoms with van der Waals surface area (Å²) in [4.78, 5) is 13.2. The van der Waals surface area contributed by atoms with Crippen molar-refractivity contribution in [1.29, 1.82) is 0 Å². The molecule has 0 N–H and O–H groups in total. The number of halogens is 1.